The molecule has 2 N–H and O–H groups in total. The predicted molar refractivity (Wildman–Crippen MR) is 111 cm³/mol. The maximum Gasteiger partial charge on any atom is 0.252 e. The number of hydrogen-bond acceptors (Lipinski definition) is 2. The lowest BCUT2D eigenvalue weighted by Crippen LogP contribution is -2.55. The smallest absolute Gasteiger partial charge is 0.252 e. The molecule has 0 heterocycles. The minimum absolute atomic E-state index is 0.0346. The Balaban J connectivity index is 1.39. The highest BCUT2D eigenvalue weighted by Gasteiger charge is 2.50. The molecule has 4 bridgehead atoms. The number of amides is 2. The van der Waals surface area contributed by atoms with Crippen molar-refractivity contribution in [1.29, 1.82) is 0 Å². The van der Waals surface area contributed by atoms with Gasteiger partial charge in [-0.2, -0.15) is 0 Å². The molecule has 0 aromatic heterocycles. The van der Waals surface area contributed by atoms with Crippen LogP contribution in [0, 0.1) is 36.0 Å². The Morgan fingerprint density at radius 2 is 1.61 bits per heavy atom. The summed E-state index contributed by atoms with van der Waals surface area (Å²) in [7, 11) is 0. The zero-order chi connectivity index (χ0) is 19.9. The summed E-state index contributed by atoms with van der Waals surface area (Å²) in [4.78, 5) is 25.7. The van der Waals surface area contributed by atoms with Crippen LogP contribution in [-0.2, 0) is 4.79 Å². The van der Waals surface area contributed by atoms with Crippen LogP contribution < -0.4 is 10.6 Å². The third-order valence-corrected chi connectivity index (χ3v) is 7.43. The standard InChI is InChI=1S/C24H34N2O2/c1-15(2)21(26-22(27)20-7-5-4-6-16(20)3)23(28)25-14-24-11-17-8-18(12-24)10-19(9-17)13-24/h4-7,15,17-19,21H,8-14H2,1-3H3,(H,25,28)(H,26,27)/t17?,18?,19?,21-,24?/m0/s1. The Labute approximate surface area is 168 Å². The van der Waals surface area contributed by atoms with Crippen LogP contribution in [0.1, 0.15) is 68.3 Å². The van der Waals surface area contributed by atoms with Gasteiger partial charge in [0.05, 0.1) is 0 Å². The molecule has 0 unspecified atom stereocenters. The molecule has 152 valence electrons. The van der Waals surface area contributed by atoms with Gasteiger partial charge in [0.1, 0.15) is 6.04 Å². The summed E-state index contributed by atoms with van der Waals surface area (Å²) in [5, 5.41) is 6.22. The Kier molecular flexibility index (Phi) is 5.24. The van der Waals surface area contributed by atoms with E-state index in [1.807, 2.05) is 45.0 Å². The lowest BCUT2D eigenvalue weighted by Gasteiger charge is -2.57. The maximum atomic E-state index is 13.0. The first-order valence-electron chi connectivity index (χ1n) is 11.0. The molecule has 4 aliphatic rings. The molecule has 0 radical (unpaired) electrons. The van der Waals surface area contributed by atoms with Crippen LogP contribution in [0.15, 0.2) is 24.3 Å². The summed E-state index contributed by atoms with van der Waals surface area (Å²) in [6, 6.07) is 7.02. The maximum absolute atomic E-state index is 13.0. The van der Waals surface area contributed by atoms with Crippen molar-refractivity contribution < 1.29 is 9.59 Å². The van der Waals surface area contributed by atoms with Gasteiger partial charge >= 0.3 is 0 Å². The quantitative estimate of drug-likeness (QED) is 0.779. The number of carbonyl (C=O) groups excluding carboxylic acids is 2. The molecule has 4 saturated carbocycles. The van der Waals surface area contributed by atoms with Crippen molar-refractivity contribution in [2.75, 3.05) is 6.54 Å². The van der Waals surface area contributed by atoms with Gasteiger partial charge < -0.3 is 10.6 Å². The molecule has 28 heavy (non-hydrogen) atoms. The first-order valence-corrected chi connectivity index (χ1v) is 11.0. The summed E-state index contributed by atoms with van der Waals surface area (Å²) >= 11 is 0. The predicted octanol–water partition coefficient (Wildman–Crippen LogP) is 4.08. The van der Waals surface area contributed by atoms with E-state index in [0.717, 1.165) is 29.9 Å². The normalized spacial score (nSPS) is 31.6. The fourth-order valence-corrected chi connectivity index (χ4v) is 6.47. The van der Waals surface area contributed by atoms with Gasteiger partial charge in [-0.3, -0.25) is 9.59 Å². The second kappa shape index (κ2) is 7.53. The highest BCUT2D eigenvalue weighted by atomic mass is 16.2. The molecule has 1 aromatic rings. The highest BCUT2D eigenvalue weighted by Crippen LogP contribution is 2.59. The molecule has 4 nitrogen and oxygen atoms in total. The molecule has 0 saturated heterocycles. The lowest BCUT2D eigenvalue weighted by atomic mass is 9.49. The molecule has 4 aliphatic carbocycles. The Morgan fingerprint density at radius 1 is 1.04 bits per heavy atom. The van der Waals surface area contributed by atoms with Crippen molar-refractivity contribution in [1.82, 2.24) is 10.6 Å². The molecule has 4 heteroatoms. The summed E-state index contributed by atoms with van der Waals surface area (Å²) in [5.74, 6) is 2.48. The lowest BCUT2D eigenvalue weighted by molar-refractivity contribution is -0.126. The number of rotatable bonds is 6. The average Bonchev–Trinajstić information content (AvgIpc) is 2.63. The van der Waals surface area contributed by atoms with Crippen LogP contribution in [0.4, 0.5) is 0 Å². The number of nitrogens with one attached hydrogen (secondary N) is 2. The van der Waals surface area contributed by atoms with Gasteiger partial charge in [0, 0.05) is 12.1 Å². The van der Waals surface area contributed by atoms with Crippen molar-refractivity contribution >= 4 is 11.8 Å². The first-order chi connectivity index (χ1) is 13.3. The second-order valence-corrected chi connectivity index (χ2v) is 10.1. The van der Waals surface area contributed by atoms with Crippen molar-refractivity contribution in [2.45, 2.75) is 65.3 Å². The number of aryl methyl sites for hydroxylation is 1. The van der Waals surface area contributed by atoms with Gasteiger partial charge in [0.25, 0.3) is 5.91 Å². The van der Waals surface area contributed by atoms with Gasteiger partial charge in [-0.15, -0.1) is 0 Å². The largest absolute Gasteiger partial charge is 0.354 e. The van der Waals surface area contributed by atoms with Crippen molar-refractivity contribution in [3.05, 3.63) is 35.4 Å². The van der Waals surface area contributed by atoms with Gasteiger partial charge in [-0.05, 0) is 86.2 Å². The molecular weight excluding hydrogens is 348 g/mol. The molecule has 0 aliphatic heterocycles. The summed E-state index contributed by atoms with van der Waals surface area (Å²) < 4.78 is 0. The van der Waals surface area contributed by atoms with E-state index >= 15 is 0 Å². The van der Waals surface area contributed by atoms with E-state index < -0.39 is 6.04 Å². The molecular formula is C24H34N2O2. The third-order valence-electron chi connectivity index (χ3n) is 7.43. The minimum atomic E-state index is -0.499. The second-order valence-electron chi connectivity index (χ2n) is 10.1. The molecule has 5 rings (SSSR count). The van der Waals surface area contributed by atoms with E-state index in [-0.39, 0.29) is 17.7 Å². The summed E-state index contributed by atoms with van der Waals surface area (Å²) in [6.45, 7) is 6.69. The molecule has 4 fully saturated rings. The van der Waals surface area contributed by atoms with Crippen molar-refractivity contribution in [2.24, 2.45) is 29.1 Å². The van der Waals surface area contributed by atoms with Crippen LogP contribution >= 0.6 is 0 Å². The van der Waals surface area contributed by atoms with Gasteiger partial charge in [-0.25, -0.2) is 0 Å². The van der Waals surface area contributed by atoms with Gasteiger partial charge in [-0.1, -0.05) is 32.0 Å². The van der Waals surface area contributed by atoms with E-state index in [9.17, 15) is 9.59 Å². The molecule has 0 spiro atoms. The number of benzene rings is 1. The number of carbonyl (C=O) groups is 2. The van der Waals surface area contributed by atoms with Crippen LogP contribution in [0.2, 0.25) is 0 Å². The van der Waals surface area contributed by atoms with Crippen LogP contribution in [-0.4, -0.2) is 24.4 Å². The third kappa shape index (κ3) is 3.83. The summed E-state index contributed by atoms with van der Waals surface area (Å²) in [6.07, 6.45) is 8.07. The van der Waals surface area contributed by atoms with Gasteiger partial charge in [0.2, 0.25) is 5.91 Å². The monoisotopic (exact) mass is 382 g/mol. The fourth-order valence-electron chi connectivity index (χ4n) is 6.47. The summed E-state index contributed by atoms with van der Waals surface area (Å²) in [5.41, 5.74) is 1.88. The SMILES string of the molecule is Cc1ccccc1C(=O)N[C@H](C(=O)NCC12CC3CC(CC(C3)C1)C2)C(C)C. The van der Waals surface area contributed by atoms with Crippen molar-refractivity contribution in [3.8, 4) is 0 Å². The average molecular weight is 383 g/mol. The Morgan fingerprint density at radius 3 is 2.14 bits per heavy atom. The number of hydrogen-bond donors (Lipinski definition) is 2. The van der Waals surface area contributed by atoms with Crippen LogP contribution in [0.5, 0.6) is 0 Å². The van der Waals surface area contributed by atoms with E-state index in [1.165, 1.54) is 38.5 Å². The Hall–Kier alpha value is -1.84. The topological polar surface area (TPSA) is 58.2 Å². The first kappa shape index (κ1) is 19.5. The van der Waals surface area contributed by atoms with E-state index in [4.69, 9.17) is 0 Å². The van der Waals surface area contributed by atoms with Crippen LogP contribution in [0.25, 0.3) is 0 Å². The highest BCUT2D eigenvalue weighted by molar-refractivity contribution is 5.98. The van der Waals surface area contributed by atoms with Gasteiger partial charge in [0.15, 0.2) is 0 Å². The fraction of sp³-hybridized carbons (Fsp3) is 0.667. The zero-order valence-electron chi connectivity index (χ0n) is 17.5. The van der Waals surface area contributed by atoms with Crippen molar-refractivity contribution in [3.63, 3.8) is 0 Å². The van der Waals surface area contributed by atoms with E-state index in [2.05, 4.69) is 10.6 Å². The van der Waals surface area contributed by atoms with E-state index in [1.54, 1.807) is 0 Å². The van der Waals surface area contributed by atoms with E-state index in [0.29, 0.717) is 11.0 Å². The Bertz CT molecular complexity index is 719. The molecule has 1 aromatic carbocycles. The molecule has 2 amide bonds. The van der Waals surface area contributed by atoms with Crippen LogP contribution in [0.3, 0.4) is 0 Å². The minimum Gasteiger partial charge on any atom is -0.354 e. The zero-order valence-corrected chi connectivity index (χ0v) is 17.5. The molecule has 1 atom stereocenters.